The van der Waals surface area contributed by atoms with Gasteiger partial charge in [0, 0.05) is 18.5 Å². The fraction of sp³-hybridized carbons (Fsp3) is 0.467. The number of carbonyl (C=O) groups is 1. The molecular formula is C15H20Cl3N3OS2. The number of hydrogen-bond acceptors (Lipinski definition) is 5. The highest BCUT2D eigenvalue weighted by Gasteiger charge is 2.25. The minimum Gasteiger partial charge on any atom is -0.337 e. The van der Waals surface area contributed by atoms with Gasteiger partial charge in [-0.05, 0) is 44.5 Å². The molecule has 1 fully saturated rings. The van der Waals surface area contributed by atoms with Gasteiger partial charge in [-0.3, -0.25) is 4.79 Å². The molecule has 24 heavy (non-hydrogen) atoms. The molecule has 1 aliphatic rings. The lowest BCUT2D eigenvalue weighted by molar-refractivity contribution is 0.0686. The van der Waals surface area contributed by atoms with E-state index in [0.717, 1.165) is 46.7 Å². The fourth-order valence-corrected chi connectivity index (χ4v) is 4.61. The zero-order valence-electron chi connectivity index (χ0n) is 13.2. The van der Waals surface area contributed by atoms with Crippen molar-refractivity contribution in [2.45, 2.75) is 12.8 Å². The average molecular weight is 429 g/mol. The Hall–Kier alpha value is -0.370. The average Bonchev–Trinajstić information content (AvgIpc) is 3.16. The Morgan fingerprint density at radius 3 is 2.67 bits per heavy atom. The van der Waals surface area contributed by atoms with Crippen LogP contribution < -0.4 is 5.32 Å². The van der Waals surface area contributed by atoms with Crippen LogP contribution in [0.15, 0.2) is 17.5 Å². The Bertz CT molecular complexity index is 654. The first-order valence-corrected chi connectivity index (χ1v) is 9.40. The molecule has 3 rings (SSSR count). The summed E-state index contributed by atoms with van der Waals surface area (Å²) in [6.45, 7) is 2.67. The highest BCUT2D eigenvalue weighted by molar-refractivity contribution is 7.23. The predicted octanol–water partition coefficient (Wildman–Crippen LogP) is 4.44. The van der Waals surface area contributed by atoms with Gasteiger partial charge in [0.2, 0.25) is 0 Å². The normalized spacial score (nSPS) is 14.8. The monoisotopic (exact) mass is 427 g/mol. The van der Waals surface area contributed by atoms with Crippen molar-refractivity contribution >= 4 is 65.0 Å². The molecule has 2 aromatic rings. The third kappa shape index (κ3) is 5.07. The van der Waals surface area contributed by atoms with E-state index >= 15 is 0 Å². The summed E-state index contributed by atoms with van der Waals surface area (Å²) in [6.07, 6.45) is 2.12. The number of halogens is 3. The zero-order valence-corrected chi connectivity index (χ0v) is 17.2. The van der Waals surface area contributed by atoms with Crippen LogP contribution in [0.5, 0.6) is 0 Å². The number of nitrogens with zero attached hydrogens (tertiary/aromatic N) is 2. The largest absolute Gasteiger partial charge is 0.337 e. The van der Waals surface area contributed by atoms with Crippen molar-refractivity contribution in [1.82, 2.24) is 15.2 Å². The minimum absolute atomic E-state index is 0. The van der Waals surface area contributed by atoms with E-state index in [2.05, 4.69) is 10.3 Å². The predicted molar refractivity (Wildman–Crippen MR) is 107 cm³/mol. The van der Waals surface area contributed by atoms with Crippen LogP contribution in [0.3, 0.4) is 0 Å². The molecule has 0 bridgehead atoms. The summed E-state index contributed by atoms with van der Waals surface area (Å²) in [7, 11) is 1.98. The summed E-state index contributed by atoms with van der Waals surface area (Å²) in [5, 5.41) is 5.93. The molecular weight excluding hydrogens is 409 g/mol. The zero-order chi connectivity index (χ0) is 15.5. The van der Waals surface area contributed by atoms with Gasteiger partial charge >= 0.3 is 0 Å². The second kappa shape index (κ2) is 9.94. The maximum absolute atomic E-state index is 12.5. The lowest BCUT2D eigenvalue weighted by Gasteiger charge is -2.31. The van der Waals surface area contributed by atoms with Crippen molar-refractivity contribution in [3.8, 4) is 9.88 Å². The molecule has 0 saturated carbocycles. The molecule has 4 nitrogen and oxygen atoms in total. The number of rotatable bonds is 4. The van der Waals surface area contributed by atoms with Crippen LogP contribution >= 0.6 is 59.1 Å². The number of carbonyl (C=O) groups excluding carboxylic acids is 1. The second-order valence-electron chi connectivity index (χ2n) is 5.43. The highest BCUT2D eigenvalue weighted by atomic mass is 35.5. The van der Waals surface area contributed by atoms with E-state index in [4.69, 9.17) is 11.6 Å². The summed E-state index contributed by atoms with van der Waals surface area (Å²) >= 11 is 8.94. The molecule has 3 heterocycles. The first kappa shape index (κ1) is 21.7. The maximum Gasteiger partial charge on any atom is 0.273 e. The van der Waals surface area contributed by atoms with Gasteiger partial charge in [0.05, 0.1) is 9.21 Å². The van der Waals surface area contributed by atoms with Crippen LogP contribution in [-0.4, -0.2) is 42.5 Å². The number of amides is 1. The number of aromatic nitrogens is 1. The number of likely N-dealkylation sites (tertiary alicyclic amines) is 1. The molecule has 1 saturated heterocycles. The van der Waals surface area contributed by atoms with Crippen LogP contribution in [0, 0.1) is 5.92 Å². The number of thiophene rings is 1. The molecule has 0 aromatic carbocycles. The lowest BCUT2D eigenvalue weighted by Crippen LogP contribution is -2.40. The third-order valence-corrected chi connectivity index (χ3v) is 6.14. The molecule has 9 heteroatoms. The van der Waals surface area contributed by atoms with Crippen molar-refractivity contribution in [3.05, 3.63) is 27.5 Å². The third-order valence-electron chi connectivity index (χ3n) is 3.90. The molecule has 0 spiro atoms. The first-order chi connectivity index (χ1) is 10.7. The smallest absolute Gasteiger partial charge is 0.273 e. The number of thiazole rings is 1. The van der Waals surface area contributed by atoms with Gasteiger partial charge in [0.1, 0.15) is 10.7 Å². The van der Waals surface area contributed by atoms with Gasteiger partial charge < -0.3 is 10.2 Å². The van der Waals surface area contributed by atoms with Crippen molar-refractivity contribution < 1.29 is 4.79 Å². The van der Waals surface area contributed by atoms with E-state index in [-0.39, 0.29) is 30.7 Å². The molecule has 1 N–H and O–H groups in total. The van der Waals surface area contributed by atoms with Crippen molar-refractivity contribution in [2.24, 2.45) is 5.92 Å². The Kier molecular flexibility index (Phi) is 8.98. The van der Waals surface area contributed by atoms with E-state index in [9.17, 15) is 4.79 Å². The molecule has 0 radical (unpaired) electrons. The maximum atomic E-state index is 12.5. The van der Waals surface area contributed by atoms with Crippen molar-refractivity contribution in [2.75, 3.05) is 26.7 Å². The molecule has 0 atom stereocenters. The number of hydrogen-bond donors (Lipinski definition) is 1. The summed E-state index contributed by atoms with van der Waals surface area (Å²) in [5.41, 5.74) is 0.552. The second-order valence-corrected chi connectivity index (χ2v) is 8.01. The Balaban J connectivity index is 0.00000144. The summed E-state index contributed by atoms with van der Waals surface area (Å²) < 4.78 is 0.740. The van der Waals surface area contributed by atoms with E-state index in [1.54, 1.807) is 0 Å². The quantitative estimate of drug-likeness (QED) is 0.783. The van der Waals surface area contributed by atoms with Gasteiger partial charge in [0.15, 0.2) is 0 Å². The van der Waals surface area contributed by atoms with Crippen molar-refractivity contribution in [1.29, 1.82) is 0 Å². The minimum atomic E-state index is 0. The summed E-state index contributed by atoms with van der Waals surface area (Å²) in [6, 6.07) is 3.81. The molecule has 134 valence electrons. The van der Waals surface area contributed by atoms with Gasteiger partial charge in [-0.2, -0.15) is 0 Å². The Labute approximate surface area is 167 Å². The first-order valence-electron chi connectivity index (χ1n) is 7.32. The van der Waals surface area contributed by atoms with E-state index < -0.39 is 0 Å². The molecule has 1 aliphatic heterocycles. The van der Waals surface area contributed by atoms with Gasteiger partial charge in [0.25, 0.3) is 5.91 Å². The lowest BCUT2D eigenvalue weighted by atomic mass is 9.97. The molecule has 1 amide bonds. The van der Waals surface area contributed by atoms with Crippen LogP contribution in [0.4, 0.5) is 0 Å². The Morgan fingerprint density at radius 1 is 1.38 bits per heavy atom. The fourth-order valence-electron chi connectivity index (χ4n) is 2.71. The standard InChI is InChI=1S/C15H18ClN3OS2.2ClH/c1-17-8-10-4-6-19(7-5-10)15(20)11-9-21-14(18-11)12-2-3-13(16)22-12;;/h2-3,9-10,17H,4-8H2,1H3;2*1H. The number of piperidine rings is 1. The molecule has 0 unspecified atom stereocenters. The summed E-state index contributed by atoms with van der Waals surface area (Å²) in [5.74, 6) is 0.723. The molecule has 2 aromatic heterocycles. The van der Waals surface area contributed by atoms with Gasteiger partial charge in [-0.15, -0.1) is 47.5 Å². The summed E-state index contributed by atoms with van der Waals surface area (Å²) in [4.78, 5) is 20.0. The van der Waals surface area contributed by atoms with Crippen LogP contribution in [-0.2, 0) is 0 Å². The molecule has 0 aliphatic carbocycles. The number of nitrogens with one attached hydrogen (secondary N) is 1. The SMILES string of the molecule is CNCC1CCN(C(=O)c2csc(-c3ccc(Cl)s3)n2)CC1.Cl.Cl. The Morgan fingerprint density at radius 2 is 2.08 bits per heavy atom. The van der Waals surface area contributed by atoms with Crippen molar-refractivity contribution in [3.63, 3.8) is 0 Å². The van der Waals surface area contributed by atoms with E-state index in [1.807, 2.05) is 29.5 Å². The van der Waals surface area contributed by atoms with Gasteiger partial charge in [-0.25, -0.2) is 4.98 Å². The van der Waals surface area contributed by atoms with E-state index in [1.165, 1.54) is 22.7 Å². The van der Waals surface area contributed by atoms with Crippen LogP contribution in [0.2, 0.25) is 4.34 Å². The van der Waals surface area contributed by atoms with Gasteiger partial charge in [-0.1, -0.05) is 11.6 Å². The van der Waals surface area contributed by atoms with Crippen LogP contribution in [0.25, 0.3) is 9.88 Å². The van der Waals surface area contributed by atoms with E-state index in [0.29, 0.717) is 11.6 Å². The topological polar surface area (TPSA) is 45.2 Å². The highest BCUT2D eigenvalue weighted by Crippen LogP contribution is 2.33. The van der Waals surface area contributed by atoms with Crippen LogP contribution in [0.1, 0.15) is 23.3 Å².